The molecule has 30 heavy (non-hydrogen) atoms. The number of ether oxygens (including phenoxy) is 1. The molecule has 2 N–H and O–H groups in total. The van der Waals surface area contributed by atoms with Crippen LogP contribution in [0.25, 0.3) is 11.1 Å². The molecule has 0 aliphatic rings. The van der Waals surface area contributed by atoms with Crippen molar-refractivity contribution in [2.24, 2.45) is 5.73 Å². The number of aryl methyl sites for hydroxylation is 2. The minimum atomic E-state index is -5.11. The first-order chi connectivity index (χ1) is 13.7. The van der Waals surface area contributed by atoms with E-state index in [9.17, 15) is 22.4 Å². The van der Waals surface area contributed by atoms with E-state index in [0.717, 1.165) is 5.56 Å². The number of halogens is 5. The standard InChI is InChI=1S/C21H21F5NO2Si/c1-5-29-15(28)9-20(27,30)17-18(22)13(8-14(19(17)23)21(24,25)26)16-11(3)7-6-10(2)12(16)4/h6-8H,5,9,27H2,1-4H3/t20-/m0/s1. The molecule has 0 unspecified atom stereocenters. The SMILES string of the molecule is CCOC(=O)C[C@](N)([Si])c1c(F)c(-c2c(C)ccc(C)c2C)cc(C(F)(F)F)c1F. The summed E-state index contributed by atoms with van der Waals surface area (Å²) in [5.74, 6) is -4.08. The molecule has 3 nitrogen and oxygen atoms in total. The molecule has 0 saturated heterocycles. The van der Waals surface area contributed by atoms with Gasteiger partial charge in [0.05, 0.1) is 28.8 Å². The van der Waals surface area contributed by atoms with Crippen LogP contribution < -0.4 is 5.73 Å². The molecule has 0 fully saturated rings. The van der Waals surface area contributed by atoms with Crippen molar-refractivity contribution in [2.75, 3.05) is 6.61 Å². The second kappa shape index (κ2) is 8.47. The smallest absolute Gasteiger partial charge is 0.419 e. The molecule has 0 aromatic heterocycles. The topological polar surface area (TPSA) is 52.3 Å². The monoisotopic (exact) mass is 442 g/mol. The lowest BCUT2D eigenvalue weighted by atomic mass is 9.88. The normalized spacial score (nSPS) is 13.8. The molecular weight excluding hydrogens is 421 g/mol. The number of rotatable bonds is 5. The van der Waals surface area contributed by atoms with Crippen molar-refractivity contribution in [3.63, 3.8) is 0 Å². The lowest BCUT2D eigenvalue weighted by Crippen LogP contribution is -2.42. The van der Waals surface area contributed by atoms with Gasteiger partial charge >= 0.3 is 12.1 Å². The highest BCUT2D eigenvalue weighted by molar-refractivity contribution is 6.17. The van der Waals surface area contributed by atoms with Gasteiger partial charge in [0.25, 0.3) is 0 Å². The van der Waals surface area contributed by atoms with Crippen LogP contribution >= 0.6 is 0 Å². The maximum atomic E-state index is 15.5. The Labute approximate surface area is 174 Å². The van der Waals surface area contributed by atoms with Crippen LogP contribution in [0.2, 0.25) is 0 Å². The summed E-state index contributed by atoms with van der Waals surface area (Å²) in [7, 11) is 2.92. The number of hydrogen-bond acceptors (Lipinski definition) is 3. The summed E-state index contributed by atoms with van der Waals surface area (Å²) in [4.78, 5) is 11.8. The second-order valence-corrected chi connectivity index (χ2v) is 8.02. The average molecular weight is 442 g/mol. The van der Waals surface area contributed by atoms with Crippen LogP contribution in [0.15, 0.2) is 18.2 Å². The number of hydrogen-bond donors (Lipinski definition) is 1. The Morgan fingerprint density at radius 1 is 1.10 bits per heavy atom. The maximum Gasteiger partial charge on any atom is 0.419 e. The van der Waals surface area contributed by atoms with Crippen LogP contribution in [0.1, 0.15) is 41.2 Å². The number of carbonyl (C=O) groups is 1. The first-order valence-corrected chi connectivity index (χ1v) is 9.58. The third-order valence-electron chi connectivity index (χ3n) is 4.89. The van der Waals surface area contributed by atoms with Gasteiger partial charge in [-0.05, 0) is 56.0 Å². The summed E-state index contributed by atoms with van der Waals surface area (Å²) in [6.45, 7) is 6.45. The van der Waals surface area contributed by atoms with Crippen molar-refractivity contribution in [3.05, 3.63) is 57.7 Å². The number of esters is 1. The average Bonchev–Trinajstić information content (AvgIpc) is 2.58. The van der Waals surface area contributed by atoms with Crippen molar-refractivity contribution in [2.45, 2.75) is 45.5 Å². The molecule has 0 heterocycles. The zero-order chi connectivity index (χ0) is 23.0. The molecule has 3 radical (unpaired) electrons. The summed E-state index contributed by atoms with van der Waals surface area (Å²) in [6.07, 6.45) is -5.89. The third-order valence-corrected chi connectivity index (χ3v) is 5.32. The quantitative estimate of drug-likeness (QED) is 0.411. The van der Waals surface area contributed by atoms with Gasteiger partial charge in [-0.25, -0.2) is 8.78 Å². The highest BCUT2D eigenvalue weighted by Crippen LogP contribution is 2.42. The van der Waals surface area contributed by atoms with Crippen molar-refractivity contribution < 1.29 is 31.5 Å². The molecule has 2 aromatic rings. The molecular formula is C21H21F5NO2Si. The van der Waals surface area contributed by atoms with Gasteiger partial charge < -0.3 is 10.5 Å². The Morgan fingerprint density at radius 3 is 2.20 bits per heavy atom. The van der Waals surface area contributed by atoms with E-state index in [2.05, 4.69) is 10.2 Å². The summed E-state index contributed by atoms with van der Waals surface area (Å²) < 4.78 is 76.0. The van der Waals surface area contributed by atoms with Crippen LogP contribution in [0.4, 0.5) is 22.0 Å². The summed E-state index contributed by atoms with van der Waals surface area (Å²) in [5.41, 5.74) is 4.67. The second-order valence-electron chi connectivity index (χ2n) is 7.12. The molecule has 161 valence electrons. The molecule has 2 rings (SSSR count). The number of nitrogens with two attached hydrogens (primary N) is 1. The van der Waals surface area contributed by atoms with Gasteiger partial charge in [-0.1, -0.05) is 12.1 Å². The minimum Gasteiger partial charge on any atom is -0.466 e. The molecule has 2 aromatic carbocycles. The zero-order valence-electron chi connectivity index (χ0n) is 16.9. The Morgan fingerprint density at radius 2 is 1.67 bits per heavy atom. The van der Waals surface area contributed by atoms with E-state index < -0.39 is 52.1 Å². The van der Waals surface area contributed by atoms with E-state index in [4.69, 9.17) is 10.5 Å². The van der Waals surface area contributed by atoms with E-state index in [0.29, 0.717) is 17.2 Å². The van der Waals surface area contributed by atoms with Crippen molar-refractivity contribution in [1.82, 2.24) is 0 Å². The minimum absolute atomic E-state index is 0.0262. The van der Waals surface area contributed by atoms with Crippen LogP contribution in [0.3, 0.4) is 0 Å². The van der Waals surface area contributed by atoms with Gasteiger partial charge in [-0.15, -0.1) is 0 Å². The van der Waals surface area contributed by atoms with Crippen LogP contribution in [0, 0.1) is 32.4 Å². The molecule has 0 bridgehead atoms. The Hall–Kier alpha value is -2.26. The summed E-state index contributed by atoms with van der Waals surface area (Å²) in [5, 5.41) is -2.26. The number of carbonyl (C=O) groups excluding carboxylic acids is 1. The lowest BCUT2D eigenvalue weighted by Gasteiger charge is -2.28. The first-order valence-electron chi connectivity index (χ1n) is 9.08. The Bertz CT molecular complexity index is 987. The lowest BCUT2D eigenvalue weighted by molar-refractivity contribution is -0.143. The Kier molecular flexibility index (Phi) is 6.78. The number of alkyl halides is 3. The maximum absolute atomic E-state index is 15.5. The fourth-order valence-electron chi connectivity index (χ4n) is 3.31. The van der Waals surface area contributed by atoms with Gasteiger partial charge in [0.2, 0.25) is 0 Å². The molecule has 9 heteroatoms. The fourth-order valence-corrected chi connectivity index (χ4v) is 3.67. The molecule has 0 aliphatic carbocycles. The van der Waals surface area contributed by atoms with Crippen molar-refractivity contribution in [1.29, 1.82) is 0 Å². The zero-order valence-corrected chi connectivity index (χ0v) is 17.9. The van der Waals surface area contributed by atoms with Crippen molar-refractivity contribution >= 4 is 16.2 Å². The fraction of sp³-hybridized carbons (Fsp3) is 0.381. The highest BCUT2D eigenvalue weighted by Gasteiger charge is 2.42. The van der Waals surface area contributed by atoms with Crippen LogP contribution in [-0.4, -0.2) is 22.8 Å². The molecule has 0 amide bonds. The van der Waals surface area contributed by atoms with Crippen LogP contribution in [0.5, 0.6) is 0 Å². The summed E-state index contributed by atoms with van der Waals surface area (Å²) >= 11 is 0. The number of benzene rings is 2. The van der Waals surface area contributed by atoms with Gasteiger partial charge in [0, 0.05) is 16.3 Å². The first kappa shape index (κ1) is 24.0. The van der Waals surface area contributed by atoms with Gasteiger partial charge in [-0.3, -0.25) is 4.79 Å². The molecule has 0 spiro atoms. The van der Waals surface area contributed by atoms with Crippen LogP contribution in [-0.2, 0) is 20.9 Å². The van der Waals surface area contributed by atoms with Gasteiger partial charge in [0.1, 0.15) is 11.6 Å². The Balaban J connectivity index is 2.90. The third kappa shape index (κ3) is 4.56. The van der Waals surface area contributed by atoms with E-state index in [-0.39, 0.29) is 12.2 Å². The predicted molar refractivity (Wildman–Crippen MR) is 104 cm³/mol. The van der Waals surface area contributed by atoms with Gasteiger partial charge in [0.15, 0.2) is 0 Å². The van der Waals surface area contributed by atoms with Crippen molar-refractivity contribution in [3.8, 4) is 11.1 Å². The molecule has 0 saturated carbocycles. The van der Waals surface area contributed by atoms with E-state index in [1.807, 2.05) is 0 Å². The van der Waals surface area contributed by atoms with Gasteiger partial charge in [-0.2, -0.15) is 13.2 Å². The van der Waals surface area contributed by atoms with E-state index in [1.54, 1.807) is 32.9 Å². The molecule has 1 atom stereocenters. The largest absolute Gasteiger partial charge is 0.466 e. The van der Waals surface area contributed by atoms with E-state index >= 15 is 4.39 Å². The molecule has 0 aliphatic heterocycles. The van der Waals surface area contributed by atoms with E-state index in [1.165, 1.54) is 6.92 Å². The highest BCUT2D eigenvalue weighted by atomic mass is 28.1. The predicted octanol–water partition coefficient (Wildman–Crippen LogP) is 4.81. The summed E-state index contributed by atoms with van der Waals surface area (Å²) in [6, 6.07) is 3.82.